The van der Waals surface area contributed by atoms with Crippen molar-refractivity contribution < 1.29 is 8.42 Å². The average Bonchev–Trinajstić information content (AvgIpc) is 2.99. The monoisotopic (exact) mass is 269 g/mol. The lowest BCUT2D eigenvalue weighted by Gasteiger charge is -2.10. The van der Waals surface area contributed by atoms with Crippen LogP contribution in [0.5, 0.6) is 0 Å². The zero-order valence-corrected chi connectivity index (χ0v) is 11.4. The maximum absolute atomic E-state index is 11.5. The molecule has 1 aromatic rings. The number of anilines is 1. The second-order valence-electron chi connectivity index (χ2n) is 5.61. The smallest absolute Gasteiger partial charge is 0.152 e. The number of hydrogen-bond acceptors (Lipinski definition) is 4. The number of nitrogens with zero attached hydrogens (tertiary/aromatic N) is 2. The Balaban J connectivity index is 1.87. The van der Waals surface area contributed by atoms with Crippen LogP contribution in [-0.2, 0) is 16.3 Å². The number of nitrogens with two attached hydrogens (primary N) is 1. The highest BCUT2D eigenvalue weighted by Gasteiger charge is 2.32. The molecule has 3 rings (SSSR count). The Labute approximate surface area is 107 Å². The zero-order valence-electron chi connectivity index (χ0n) is 10.6. The summed E-state index contributed by atoms with van der Waals surface area (Å²) < 4.78 is 24.8. The molecule has 1 aliphatic heterocycles. The Hall–Kier alpha value is -1.04. The molecule has 100 valence electrons. The van der Waals surface area contributed by atoms with Gasteiger partial charge in [0.05, 0.1) is 23.2 Å². The fourth-order valence-electron chi connectivity index (χ4n) is 2.61. The molecular formula is C12H19N3O2S. The standard InChI is InChI=1S/C12H19N3O2S/c1-8-11(6-9-2-3-9)14-15(12(8)13)10-4-5-18(16,17)7-10/h9-10H,2-7,13H2,1H3. The summed E-state index contributed by atoms with van der Waals surface area (Å²) in [5.41, 5.74) is 8.16. The average molecular weight is 269 g/mol. The zero-order chi connectivity index (χ0) is 12.9. The molecule has 0 bridgehead atoms. The summed E-state index contributed by atoms with van der Waals surface area (Å²) in [6.45, 7) is 1.99. The normalized spacial score (nSPS) is 26.6. The van der Waals surface area contributed by atoms with Crippen molar-refractivity contribution in [3.8, 4) is 0 Å². The SMILES string of the molecule is Cc1c(CC2CC2)nn(C2CCS(=O)(=O)C2)c1N. The van der Waals surface area contributed by atoms with E-state index in [0.717, 1.165) is 23.6 Å². The van der Waals surface area contributed by atoms with Crippen LogP contribution in [0, 0.1) is 12.8 Å². The maximum atomic E-state index is 11.5. The minimum atomic E-state index is -2.89. The second kappa shape index (κ2) is 3.98. The molecule has 0 spiro atoms. The van der Waals surface area contributed by atoms with Gasteiger partial charge in [0.15, 0.2) is 9.84 Å². The number of sulfone groups is 1. The summed E-state index contributed by atoms with van der Waals surface area (Å²) in [4.78, 5) is 0. The Morgan fingerprint density at radius 1 is 1.39 bits per heavy atom. The lowest BCUT2D eigenvalue weighted by atomic mass is 10.1. The molecule has 0 aromatic carbocycles. The summed E-state index contributed by atoms with van der Waals surface area (Å²) in [6, 6.07) is -0.0679. The summed E-state index contributed by atoms with van der Waals surface area (Å²) in [5, 5.41) is 4.56. The highest BCUT2D eigenvalue weighted by Crippen LogP contribution is 2.35. The largest absolute Gasteiger partial charge is 0.384 e. The van der Waals surface area contributed by atoms with E-state index in [1.165, 1.54) is 12.8 Å². The first-order chi connectivity index (χ1) is 8.46. The molecule has 2 aliphatic rings. The number of hydrogen-bond donors (Lipinski definition) is 1. The van der Waals surface area contributed by atoms with Crippen LogP contribution < -0.4 is 5.73 Å². The highest BCUT2D eigenvalue weighted by atomic mass is 32.2. The molecule has 1 atom stereocenters. The first kappa shape index (κ1) is 12.0. The van der Waals surface area contributed by atoms with Gasteiger partial charge in [-0.05, 0) is 38.5 Å². The van der Waals surface area contributed by atoms with Crippen LogP contribution in [0.15, 0.2) is 0 Å². The summed E-state index contributed by atoms with van der Waals surface area (Å²) in [5.74, 6) is 1.85. The van der Waals surface area contributed by atoms with E-state index < -0.39 is 9.84 Å². The fourth-order valence-corrected chi connectivity index (χ4v) is 4.31. The van der Waals surface area contributed by atoms with E-state index in [-0.39, 0.29) is 17.5 Å². The third-order valence-electron chi connectivity index (χ3n) is 4.03. The van der Waals surface area contributed by atoms with Gasteiger partial charge in [-0.25, -0.2) is 13.1 Å². The van der Waals surface area contributed by atoms with Gasteiger partial charge < -0.3 is 5.73 Å². The van der Waals surface area contributed by atoms with E-state index in [1.807, 2.05) is 6.92 Å². The number of aromatic nitrogens is 2. The van der Waals surface area contributed by atoms with Gasteiger partial charge in [-0.2, -0.15) is 5.10 Å². The van der Waals surface area contributed by atoms with Gasteiger partial charge in [-0.1, -0.05) is 0 Å². The molecule has 1 unspecified atom stereocenters. The second-order valence-corrected chi connectivity index (χ2v) is 7.83. The van der Waals surface area contributed by atoms with Crippen LogP contribution in [0.25, 0.3) is 0 Å². The Kier molecular flexibility index (Phi) is 2.66. The van der Waals surface area contributed by atoms with E-state index in [1.54, 1.807) is 4.68 Å². The molecule has 1 aliphatic carbocycles. The molecule has 1 saturated carbocycles. The van der Waals surface area contributed by atoms with Crippen molar-refractivity contribution in [2.24, 2.45) is 5.92 Å². The van der Waals surface area contributed by atoms with Gasteiger partial charge in [-0.15, -0.1) is 0 Å². The first-order valence-electron chi connectivity index (χ1n) is 6.50. The predicted molar refractivity (Wildman–Crippen MR) is 70.1 cm³/mol. The summed E-state index contributed by atoms with van der Waals surface area (Å²) in [6.07, 6.45) is 4.19. The van der Waals surface area contributed by atoms with E-state index in [0.29, 0.717) is 12.2 Å². The molecule has 0 amide bonds. The molecular weight excluding hydrogens is 250 g/mol. The van der Waals surface area contributed by atoms with Gasteiger partial charge in [0.25, 0.3) is 0 Å². The molecule has 5 nitrogen and oxygen atoms in total. The van der Waals surface area contributed by atoms with E-state index in [2.05, 4.69) is 5.10 Å². The van der Waals surface area contributed by atoms with Crippen LogP contribution in [0.4, 0.5) is 5.82 Å². The lowest BCUT2D eigenvalue weighted by Crippen LogP contribution is -2.15. The van der Waals surface area contributed by atoms with Crippen molar-refractivity contribution in [1.29, 1.82) is 0 Å². The first-order valence-corrected chi connectivity index (χ1v) is 8.32. The maximum Gasteiger partial charge on any atom is 0.152 e. The molecule has 0 radical (unpaired) electrons. The molecule has 6 heteroatoms. The minimum absolute atomic E-state index is 0.0679. The van der Waals surface area contributed by atoms with Gasteiger partial charge in [0.2, 0.25) is 0 Å². The quantitative estimate of drug-likeness (QED) is 0.891. The predicted octanol–water partition coefficient (Wildman–Crippen LogP) is 1.09. The van der Waals surface area contributed by atoms with Crippen LogP contribution in [0.1, 0.15) is 36.6 Å². The number of rotatable bonds is 3. The van der Waals surface area contributed by atoms with Crippen LogP contribution in [0.2, 0.25) is 0 Å². The lowest BCUT2D eigenvalue weighted by molar-refractivity contribution is 0.500. The van der Waals surface area contributed by atoms with E-state index >= 15 is 0 Å². The Morgan fingerprint density at radius 2 is 2.11 bits per heavy atom. The molecule has 2 heterocycles. The van der Waals surface area contributed by atoms with Gasteiger partial charge in [0.1, 0.15) is 5.82 Å². The molecule has 1 aromatic heterocycles. The van der Waals surface area contributed by atoms with Crippen LogP contribution in [-0.4, -0.2) is 29.7 Å². The third-order valence-corrected chi connectivity index (χ3v) is 5.78. The van der Waals surface area contributed by atoms with Crippen molar-refractivity contribution in [3.05, 3.63) is 11.3 Å². The molecule has 2 N–H and O–H groups in total. The Bertz CT molecular complexity index is 572. The van der Waals surface area contributed by atoms with Crippen molar-refractivity contribution in [2.45, 2.75) is 38.6 Å². The van der Waals surface area contributed by atoms with Gasteiger partial charge >= 0.3 is 0 Å². The number of nitrogen functional groups attached to an aromatic ring is 1. The highest BCUT2D eigenvalue weighted by molar-refractivity contribution is 7.91. The summed E-state index contributed by atoms with van der Waals surface area (Å²) >= 11 is 0. The van der Waals surface area contributed by atoms with Crippen molar-refractivity contribution in [3.63, 3.8) is 0 Å². The van der Waals surface area contributed by atoms with Gasteiger partial charge in [0, 0.05) is 5.56 Å². The van der Waals surface area contributed by atoms with E-state index in [4.69, 9.17) is 5.73 Å². The van der Waals surface area contributed by atoms with Crippen molar-refractivity contribution in [1.82, 2.24) is 9.78 Å². The molecule has 18 heavy (non-hydrogen) atoms. The molecule has 1 saturated heterocycles. The summed E-state index contributed by atoms with van der Waals surface area (Å²) in [7, 11) is -2.89. The van der Waals surface area contributed by atoms with Crippen molar-refractivity contribution in [2.75, 3.05) is 17.2 Å². The van der Waals surface area contributed by atoms with Crippen LogP contribution >= 0.6 is 0 Å². The molecule has 2 fully saturated rings. The third kappa shape index (κ3) is 2.13. The topological polar surface area (TPSA) is 78.0 Å². The minimum Gasteiger partial charge on any atom is -0.384 e. The van der Waals surface area contributed by atoms with Crippen LogP contribution in [0.3, 0.4) is 0 Å². The van der Waals surface area contributed by atoms with Crippen molar-refractivity contribution >= 4 is 15.7 Å². The van der Waals surface area contributed by atoms with Gasteiger partial charge in [-0.3, -0.25) is 0 Å². The van der Waals surface area contributed by atoms with E-state index in [9.17, 15) is 8.42 Å². The Morgan fingerprint density at radius 3 is 2.67 bits per heavy atom. The fraction of sp³-hybridized carbons (Fsp3) is 0.750.